The van der Waals surface area contributed by atoms with Crippen molar-refractivity contribution in [2.24, 2.45) is 0 Å². The Morgan fingerprint density at radius 3 is 2.28 bits per heavy atom. The van der Waals surface area contributed by atoms with Crippen LogP contribution in [-0.4, -0.2) is 66.5 Å². The number of ether oxygens (including phenoxy) is 2. The largest absolute Gasteiger partial charge is 0.508 e. The molecule has 11 nitrogen and oxygen atoms in total. The van der Waals surface area contributed by atoms with Crippen LogP contribution >= 0.6 is 0 Å². The van der Waals surface area contributed by atoms with Crippen LogP contribution in [0.3, 0.4) is 0 Å². The zero-order valence-electron chi connectivity index (χ0n) is 16.5. The van der Waals surface area contributed by atoms with Gasteiger partial charge in [0, 0.05) is 17.7 Å². The van der Waals surface area contributed by atoms with Gasteiger partial charge in [0.1, 0.15) is 40.8 Å². The van der Waals surface area contributed by atoms with E-state index in [1.165, 1.54) is 13.0 Å². The van der Waals surface area contributed by atoms with Gasteiger partial charge in [-0.1, -0.05) is 0 Å². The van der Waals surface area contributed by atoms with Gasteiger partial charge in [-0.15, -0.1) is 0 Å². The second-order valence-corrected chi connectivity index (χ2v) is 7.43. The summed E-state index contributed by atoms with van der Waals surface area (Å²) in [5.41, 5.74) is -1.05. The highest BCUT2D eigenvalue weighted by molar-refractivity contribution is 5.88. The summed E-state index contributed by atoms with van der Waals surface area (Å²) >= 11 is 0. The number of hydrogen-bond donors (Lipinski definition) is 7. The van der Waals surface area contributed by atoms with Crippen LogP contribution in [0.2, 0.25) is 0 Å². The minimum atomic E-state index is -1.74. The first-order chi connectivity index (χ1) is 15.1. The zero-order chi connectivity index (χ0) is 23.3. The molecule has 2 heterocycles. The van der Waals surface area contributed by atoms with Crippen LogP contribution in [0.1, 0.15) is 6.92 Å². The van der Waals surface area contributed by atoms with Crippen LogP contribution in [0.25, 0.3) is 22.3 Å². The predicted octanol–water partition coefficient (Wildman–Crippen LogP) is 0.489. The van der Waals surface area contributed by atoms with Crippen molar-refractivity contribution < 1.29 is 49.6 Å². The Labute approximate surface area is 179 Å². The van der Waals surface area contributed by atoms with Crippen molar-refractivity contribution in [1.82, 2.24) is 0 Å². The van der Waals surface area contributed by atoms with E-state index in [1.807, 2.05) is 0 Å². The second-order valence-electron chi connectivity index (χ2n) is 7.43. The van der Waals surface area contributed by atoms with E-state index in [-0.39, 0.29) is 28.0 Å². The second kappa shape index (κ2) is 7.88. The molecule has 0 bridgehead atoms. The first kappa shape index (κ1) is 21.7. The molecule has 0 aliphatic carbocycles. The Morgan fingerprint density at radius 1 is 0.875 bits per heavy atom. The molecule has 0 radical (unpaired) electrons. The van der Waals surface area contributed by atoms with E-state index >= 15 is 0 Å². The quantitative estimate of drug-likeness (QED) is 0.276. The standard InChI is InChI=1S/C21H20O11/c1-7-15(26)17(28)18(29)21(30-7)32-20-16(27)14-12(25)5-9(22)6-13(14)31-19(20)8-2-3-10(23)11(24)4-8/h2-7,15,17-18,21-26,28-29H,1H3/t7-,15+,17+,18-,21?/m1/s1. The average Bonchev–Trinajstić information content (AvgIpc) is 2.73. The van der Waals surface area contributed by atoms with E-state index in [4.69, 9.17) is 13.9 Å². The Kier molecular flexibility index (Phi) is 5.34. The number of fused-ring (bicyclic) bond motifs is 1. The molecule has 1 unspecified atom stereocenters. The fourth-order valence-corrected chi connectivity index (χ4v) is 3.46. The van der Waals surface area contributed by atoms with Crippen LogP contribution in [0, 0.1) is 0 Å². The van der Waals surface area contributed by atoms with Gasteiger partial charge in [0.15, 0.2) is 17.3 Å². The molecule has 1 fully saturated rings. The number of phenols is 4. The Hall–Kier alpha value is -3.51. The lowest BCUT2D eigenvalue weighted by Gasteiger charge is -2.38. The fraction of sp³-hybridized carbons (Fsp3) is 0.286. The monoisotopic (exact) mass is 448 g/mol. The molecule has 0 spiro atoms. The van der Waals surface area contributed by atoms with Crippen LogP contribution in [0.4, 0.5) is 0 Å². The zero-order valence-corrected chi connectivity index (χ0v) is 16.5. The smallest absolute Gasteiger partial charge is 0.239 e. The third-order valence-corrected chi connectivity index (χ3v) is 5.20. The maximum absolute atomic E-state index is 13.2. The molecular weight excluding hydrogens is 428 g/mol. The molecule has 0 amide bonds. The lowest BCUT2D eigenvalue weighted by molar-refractivity contribution is -0.268. The number of aromatic hydroxyl groups is 4. The average molecular weight is 448 g/mol. The minimum absolute atomic E-state index is 0.0658. The van der Waals surface area contributed by atoms with Gasteiger partial charge in [-0.25, -0.2) is 0 Å². The number of rotatable bonds is 3. The van der Waals surface area contributed by atoms with E-state index < -0.39 is 59.1 Å². The van der Waals surface area contributed by atoms with E-state index in [9.17, 15) is 40.5 Å². The van der Waals surface area contributed by atoms with Crippen molar-refractivity contribution in [2.45, 2.75) is 37.6 Å². The van der Waals surface area contributed by atoms with Crippen molar-refractivity contribution in [1.29, 1.82) is 0 Å². The van der Waals surface area contributed by atoms with Crippen molar-refractivity contribution in [3.63, 3.8) is 0 Å². The van der Waals surface area contributed by atoms with Crippen LogP contribution in [0.15, 0.2) is 39.5 Å². The topological polar surface area (TPSA) is 190 Å². The van der Waals surface area contributed by atoms with E-state index in [0.717, 1.165) is 24.3 Å². The molecule has 2 aromatic carbocycles. The molecule has 170 valence electrons. The number of hydrogen-bond acceptors (Lipinski definition) is 11. The summed E-state index contributed by atoms with van der Waals surface area (Å²) in [6, 6.07) is 5.51. The molecule has 7 N–H and O–H groups in total. The van der Waals surface area contributed by atoms with Gasteiger partial charge in [0.25, 0.3) is 0 Å². The maximum Gasteiger partial charge on any atom is 0.239 e. The summed E-state index contributed by atoms with van der Waals surface area (Å²) in [6.45, 7) is 1.42. The molecule has 1 aliphatic rings. The molecule has 0 saturated carbocycles. The molecule has 1 aromatic heterocycles. The third kappa shape index (κ3) is 3.56. The van der Waals surface area contributed by atoms with Gasteiger partial charge >= 0.3 is 0 Å². The van der Waals surface area contributed by atoms with Crippen molar-refractivity contribution in [3.05, 3.63) is 40.6 Å². The van der Waals surface area contributed by atoms with E-state index in [1.54, 1.807) is 0 Å². The third-order valence-electron chi connectivity index (χ3n) is 5.20. The lowest BCUT2D eigenvalue weighted by atomic mass is 10.00. The molecule has 1 saturated heterocycles. The highest BCUT2D eigenvalue weighted by atomic mass is 16.7. The fourth-order valence-electron chi connectivity index (χ4n) is 3.46. The summed E-state index contributed by atoms with van der Waals surface area (Å²) < 4.78 is 16.6. The summed E-state index contributed by atoms with van der Waals surface area (Å²) in [6.07, 6.45) is -7.35. The summed E-state index contributed by atoms with van der Waals surface area (Å²) in [5.74, 6) is -2.80. The number of aliphatic hydroxyl groups is 3. The summed E-state index contributed by atoms with van der Waals surface area (Å²) in [5, 5.41) is 69.2. The number of phenolic OH excluding ortho intramolecular Hbond substituents is 4. The molecule has 4 rings (SSSR count). The van der Waals surface area contributed by atoms with Crippen LogP contribution < -0.4 is 10.2 Å². The first-order valence-corrected chi connectivity index (χ1v) is 9.50. The molecular formula is C21H20O11. The van der Waals surface area contributed by atoms with Gasteiger partial charge < -0.3 is 49.6 Å². The van der Waals surface area contributed by atoms with Crippen LogP contribution in [-0.2, 0) is 4.74 Å². The Balaban J connectivity index is 1.92. The van der Waals surface area contributed by atoms with Gasteiger partial charge in [-0.3, -0.25) is 4.79 Å². The Morgan fingerprint density at radius 2 is 1.59 bits per heavy atom. The van der Waals surface area contributed by atoms with Crippen molar-refractivity contribution >= 4 is 11.0 Å². The summed E-state index contributed by atoms with van der Waals surface area (Å²) in [4.78, 5) is 13.2. The number of benzene rings is 2. The molecule has 11 heteroatoms. The van der Waals surface area contributed by atoms with Gasteiger partial charge in [-0.2, -0.15) is 0 Å². The van der Waals surface area contributed by atoms with Crippen molar-refractivity contribution in [2.75, 3.05) is 0 Å². The normalized spacial score (nSPS) is 25.7. The molecule has 1 aliphatic heterocycles. The van der Waals surface area contributed by atoms with Gasteiger partial charge in [-0.05, 0) is 25.1 Å². The molecule has 5 atom stereocenters. The number of aliphatic hydroxyl groups excluding tert-OH is 3. The lowest BCUT2D eigenvalue weighted by Crippen LogP contribution is -2.58. The van der Waals surface area contributed by atoms with Crippen LogP contribution in [0.5, 0.6) is 28.7 Å². The summed E-state index contributed by atoms with van der Waals surface area (Å²) in [7, 11) is 0. The Bertz CT molecular complexity index is 1230. The van der Waals surface area contributed by atoms with E-state index in [2.05, 4.69) is 0 Å². The first-order valence-electron chi connectivity index (χ1n) is 9.50. The predicted molar refractivity (Wildman–Crippen MR) is 108 cm³/mol. The van der Waals surface area contributed by atoms with Gasteiger partial charge in [0.05, 0.1) is 6.10 Å². The minimum Gasteiger partial charge on any atom is -0.508 e. The SMILES string of the molecule is C[C@H]1OC(Oc2c(-c3ccc(O)c(O)c3)oc3cc(O)cc(O)c3c2=O)[C@H](O)[C@@H](O)[C@H]1O. The maximum atomic E-state index is 13.2. The van der Waals surface area contributed by atoms with Gasteiger partial charge in [0.2, 0.25) is 17.5 Å². The van der Waals surface area contributed by atoms with Crippen molar-refractivity contribution in [3.8, 4) is 40.1 Å². The molecule has 32 heavy (non-hydrogen) atoms. The highest BCUT2D eigenvalue weighted by Crippen LogP contribution is 2.39. The highest BCUT2D eigenvalue weighted by Gasteiger charge is 2.44. The molecule has 3 aromatic rings. The van der Waals surface area contributed by atoms with E-state index in [0.29, 0.717) is 0 Å².